The Balaban J connectivity index is 1.98. The highest BCUT2D eigenvalue weighted by Crippen LogP contribution is 2.33. The van der Waals surface area contributed by atoms with Crippen molar-refractivity contribution in [1.82, 2.24) is 9.97 Å². The van der Waals surface area contributed by atoms with Gasteiger partial charge in [-0.15, -0.1) is 0 Å². The molecule has 6 nitrogen and oxygen atoms in total. The Morgan fingerprint density at radius 3 is 2.53 bits per heavy atom. The Kier molecular flexibility index (Phi) is 7.77. The molecule has 0 radical (unpaired) electrons. The molecule has 2 N–H and O–H groups in total. The number of hydrogen-bond acceptors (Lipinski definition) is 6. The first-order valence-electron chi connectivity index (χ1n) is 10.6. The number of aromatic nitrogens is 2. The zero-order valence-electron chi connectivity index (χ0n) is 19.0. The summed E-state index contributed by atoms with van der Waals surface area (Å²) in [7, 11) is 1.67. The Morgan fingerprint density at radius 2 is 1.84 bits per heavy atom. The summed E-state index contributed by atoms with van der Waals surface area (Å²) in [5, 5.41) is 12.3. The second kappa shape index (κ2) is 10.5. The van der Waals surface area contributed by atoms with E-state index in [-0.39, 0.29) is 24.6 Å². The van der Waals surface area contributed by atoms with Crippen LogP contribution in [0.3, 0.4) is 0 Å². The normalized spacial score (nSPS) is 11.4. The van der Waals surface area contributed by atoms with Crippen LogP contribution < -0.4 is 10.1 Å². The number of nitrogens with zero attached hydrogens (tertiary/aromatic N) is 2. The predicted octanol–water partition coefficient (Wildman–Crippen LogP) is 4.86. The molecule has 32 heavy (non-hydrogen) atoms. The Labute approximate surface area is 188 Å². The van der Waals surface area contributed by atoms with Crippen molar-refractivity contribution in [3.05, 3.63) is 60.2 Å². The molecule has 0 atom stereocenters. The van der Waals surface area contributed by atoms with Crippen LogP contribution in [0.4, 0.5) is 10.1 Å². The molecular formula is C25H30FN3O3. The van der Waals surface area contributed by atoms with Gasteiger partial charge in [0.25, 0.3) is 0 Å². The molecule has 0 aliphatic carbocycles. The number of methoxy groups -OCH3 is 1. The molecule has 0 unspecified atom stereocenters. The summed E-state index contributed by atoms with van der Waals surface area (Å²) in [6.07, 6.45) is 4.13. The average Bonchev–Trinajstić information content (AvgIpc) is 2.79. The smallest absolute Gasteiger partial charge is 0.214 e. The van der Waals surface area contributed by atoms with Crippen molar-refractivity contribution in [2.24, 2.45) is 0 Å². The zero-order valence-corrected chi connectivity index (χ0v) is 19.0. The number of aryl methyl sites for hydroxylation is 1. The number of anilines is 1. The third-order valence-electron chi connectivity index (χ3n) is 5.34. The molecule has 0 bridgehead atoms. The van der Waals surface area contributed by atoms with Crippen LogP contribution in [0.15, 0.2) is 48.8 Å². The van der Waals surface area contributed by atoms with Crippen LogP contribution in [-0.4, -0.2) is 47.5 Å². The SMILES string of the molecule is COC(C)(C)CCNc1cc(-c2cc(OCCO)nc(-c3ccncc3)c2)c(C)cc1F. The number of nitrogens with one attached hydrogen (secondary N) is 1. The second-order valence-corrected chi connectivity index (χ2v) is 8.17. The number of hydrogen-bond donors (Lipinski definition) is 2. The maximum absolute atomic E-state index is 14.7. The Morgan fingerprint density at radius 1 is 1.09 bits per heavy atom. The van der Waals surface area contributed by atoms with E-state index >= 15 is 0 Å². The van der Waals surface area contributed by atoms with Gasteiger partial charge >= 0.3 is 0 Å². The second-order valence-electron chi connectivity index (χ2n) is 8.17. The van der Waals surface area contributed by atoms with E-state index in [1.807, 2.05) is 45.0 Å². The van der Waals surface area contributed by atoms with E-state index in [1.54, 1.807) is 25.6 Å². The van der Waals surface area contributed by atoms with E-state index in [1.165, 1.54) is 6.07 Å². The van der Waals surface area contributed by atoms with Gasteiger partial charge in [-0.25, -0.2) is 9.37 Å². The molecule has 0 spiro atoms. The van der Waals surface area contributed by atoms with Crippen molar-refractivity contribution < 1.29 is 19.0 Å². The first kappa shape index (κ1) is 23.6. The highest BCUT2D eigenvalue weighted by molar-refractivity contribution is 5.76. The van der Waals surface area contributed by atoms with Gasteiger partial charge in [0, 0.05) is 37.7 Å². The van der Waals surface area contributed by atoms with Crippen molar-refractivity contribution in [3.8, 4) is 28.3 Å². The Bertz CT molecular complexity index is 1040. The van der Waals surface area contributed by atoms with Gasteiger partial charge in [-0.05, 0) is 74.2 Å². The lowest BCUT2D eigenvalue weighted by atomic mass is 9.98. The highest BCUT2D eigenvalue weighted by Gasteiger charge is 2.17. The monoisotopic (exact) mass is 439 g/mol. The van der Waals surface area contributed by atoms with Crippen molar-refractivity contribution in [2.75, 3.05) is 32.2 Å². The average molecular weight is 440 g/mol. The number of benzene rings is 1. The van der Waals surface area contributed by atoms with E-state index in [9.17, 15) is 4.39 Å². The summed E-state index contributed by atoms with van der Waals surface area (Å²) in [6, 6.07) is 10.8. The molecule has 2 aromatic heterocycles. The highest BCUT2D eigenvalue weighted by atomic mass is 19.1. The third kappa shape index (κ3) is 6.02. The predicted molar refractivity (Wildman–Crippen MR) is 124 cm³/mol. The molecule has 0 saturated heterocycles. The minimum Gasteiger partial charge on any atom is -0.475 e. The molecule has 170 valence electrons. The van der Waals surface area contributed by atoms with Crippen LogP contribution in [0, 0.1) is 12.7 Å². The lowest BCUT2D eigenvalue weighted by Gasteiger charge is -2.23. The van der Waals surface area contributed by atoms with Crippen molar-refractivity contribution in [2.45, 2.75) is 32.8 Å². The van der Waals surface area contributed by atoms with Crippen LogP contribution in [0.25, 0.3) is 22.4 Å². The third-order valence-corrected chi connectivity index (χ3v) is 5.34. The minimum atomic E-state index is -0.304. The summed E-state index contributed by atoms with van der Waals surface area (Å²) < 4.78 is 25.7. The molecular weight excluding hydrogens is 409 g/mol. The number of ether oxygens (including phenoxy) is 2. The van der Waals surface area contributed by atoms with Crippen molar-refractivity contribution >= 4 is 5.69 Å². The van der Waals surface area contributed by atoms with Gasteiger partial charge in [0.2, 0.25) is 5.88 Å². The van der Waals surface area contributed by atoms with E-state index in [2.05, 4.69) is 15.3 Å². The van der Waals surface area contributed by atoms with Gasteiger partial charge in [0.15, 0.2) is 0 Å². The molecule has 0 aliphatic rings. The fraction of sp³-hybridized carbons (Fsp3) is 0.360. The van der Waals surface area contributed by atoms with E-state index < -0.39 is 0 Å². The van der Waals surface area contributed by atoms with Crippen LogP contribution in [0.1, 0.15) is 25.8 Å². The van der Waals surface area contributed by atoms with Gasteiger partial charge in [-0.2, -0.15) is 0 Å². The molecule has 0 saturated carbocycles. The summed E-state index contributed by atoms with van der Waals surface area (Å²) in [6.45, 7) is 6.46. The molecule has 7 heteroatoms. The van der Waals surface area contributed by atoms with E-state index in [0.29, 0.717) is 23.8 Å². The molecule has 0 amide bonds. The molecule has 0 aliphatic heterocycles. The fourth-order valence-electron chi connectivity index (χ4n) is 3.27. The van der Waals surface area contributed by atoms with Gasteiger partial charge < -0.3 is 19.9 Å². The fourth-order valence-corrected chi connectivity index (χ4v) is 3.27. The summed E-state index contributed by atoms with van der Waals surface area (Å²) >= 11 is 0. The van der Waals surface area contributed by atoms with Crippen LogP contribution in [0.2, 0.25) is 0 Å². The molecule has 3 aromatic rings. The van der Waals surface area contributed by atoms with Crippen LogP contribution >= 0.6 is 0 Å². The van der Waals surface area contributed by atoms with Gasteiger partial charge in [-0.1, -0.05) is 0 Å². The standard InChI is InChI=1S/C25H30FN3O3/c1-17-13-21(26)23(28-10-7-25(2,3)31-4)16-20(17)19-14-22(18-5-8-27-9-6-18)29-24(15-19)32-12-11-30/h5-6,8-9,13-16,28,30H,7,10-12H2,1-4H3. The first-order valence-corrected chi connectivity index (χ1v) is 10.6. The maximum Gasteiger partial charge on any atom is 0.214 e. The van der Waals surface area contributed by atoms with Gasteiger partial charge in [0.1, 0.15) is 12.4 Å². The lowest BCUT2D eigenvalue weighted by Crippen LogP contribution is -2.25. The zero-order chi connectivity index (χ0) is 23.1. The molecule has 1 aromatic carbocycles. The van der Waals surface area contributed by atoms with Crippen LogP contribution in [-0.2, 0) is 4.74 Å². The quantitative estimate of drug-likeness (QED) is 0.470. The molecule has 0 fully saturated rings. The lowest BCUT2D eigenvalue weighted by molar-refractivity contribution is 0.0184. The largest absolute Gasteiger partial charge is 0.475 e. The van der Waals surface area contributed by atoms with Crippen molar-refractivity contribution in [3.63, 3.8) is 0 Å². The van der Waals surface area contributed by atoms with E-state index in [0.717, 1.165) is 28.7 Å². The maximum atomic E-state index is 14.7. The summed E-state index contributed by atoms with van der Waals surface area (Å²) in [4.78, 5) is 8.62. The summed E-state index contributed by atoms with van der Waals surface area (Å²) in [5.74, 6) is 0.0880. The van der Waals surface area contributed by atoms with E-state index in [4.69, 9.17) is 14.6 Å². The number of aliphatic hydroxyl groups is 1. The van der Waals surface area contributed by atoms with Gasteiger partial charge in [0.05, 0.1) is 23.6 Å². The number of pyridine rings is 2. The number of aliphatic hydroxyl groups excluding tert-OH is 1. The van der Waals surface area contributed by atoms with Crippen molar-refractivity contribution in [1.29, 1.82) is 0 Å². The minimum absolute atomic E-state index is 0.113. The summed E-state index contributed by atoms with van der Waals surface area (Å²) in [5.41, 5.74) is 4.24. The molecule has 3 rings (SSSR count). The Hall–Kier alpha value is -3.03. The molecule has 2 heterocycles. The number of rotatable bonds is 10. The topological polar surface area (TPSA) is 76.5 Å². The van der Waals surface area contributed by atoms with Gasteiger partial charge in [-0.3, -0.25) is 4.98 Å². The van der Waals surface area contributed by atoms with Crippen LogP contribution in [0.5, 0.6) is 5.88 Å². The number of halogens is 1. The first-order chi connectivity index (χ1) is 15.3.